The summed E-state index contributed by atoms with van der Waals surface area (Å²) in [6, 6.07) is 20.8. The third-order valence-corrected chi connectivity index (χ3v) is 4.38. The van der Waals surface area contributed by atoms with Crippen LogP contribution in [0.4, 0.5) is 0 Å². The van der Waals surface area contributed by atoms with Gasteiger partial charge in [-0.2, -0.15) is 5.10 Å². The van der Waals surface area contributed by atoms with Crippen molar-refractivity contribution in [3.63, 3.8) is 0 Å². The fourth-order valence-corrected chi connectivity index (χ4v) is 2.94. The highest BCUT2D eigenvalue weighted by atomic mass is 15.3. The van der Waals surface area contributed by atoms with Gasteiger partial charge in [-0.25, -0.2) is 0 Å². The Hall–Kier alpha value is -2.65. The Balaban J connectivity index is 1.57. The van der Waals surface area contributed by atoms with Crippen LogP contribution in [0.25, 0.3) is 6.08 Å². The number of aryl methyl sites for hydroxylation is 1. The van der Waals surface area contributed by atoms with Crippen LogP contribution in [0.2, 0.25) is 0 Å². The van der Waals surface area contributed by atoms with E-state index < -0.39 is 0 Å². The predicted molar refractivity (Wildman–Crippen MR) is 104 cm³/mol. The summed E-state index contributed by atoms with van der Waals surface area (Å²) in [6.45, 7) is 6.75. The second-order valence-corrected chi connectivity index (χ2v) is 6.24. The molecule has 3 heteroatoms. The van der Waals surface area contributed by atoms with Gasteiger partial charge in [-0.05, 0) is 25.0 Å². The number of nitrogens with one attached hydrogen (secondary N) is 1. The van der Waals surface area contributed by atoms with Gasteiger partial charge in [0.2, 0.25) is 0 Å². The van der Waals surface area contributed by atoms with Gasteiger partial charge in [-0.15, -0.1) is 0 Å². The molecule has 3 aromatic rings. The zero-order chi connectivity index (χ0) is 17.5. The molecule has 1 aromatic heterocycles. The summed E-state index contributed by atoms with van der Waals surface area (Å²) in [4.78, 5) is 0. The fourth-order valence-electron chi connectivity index (χ4n) is 2.94. The van der Waals surface area contributed by atoms with Crippen LogP contribution in [0, 0.1) is 13.8 Å². The minimum absolute atomic E-state index is 0.821. The van der Waals surface area contributed by atoms with Gasteiger partial charge in [0.1, 0.15) is 0 Å². The molecule has 3 nitrogen and oxygen atoms in total. The van der Waals surface area contributed by atoms with Crippen LogP contribution in [-0.2, 0) is 13.1 Å². The maximum absolute atomic E-state index is 4.71. The first-order valence-corrected chi connectivity index (χ1v) is 8.73. The molecule has 128 valence electrons. The molecular formula is C22H25N3. The number of nitrogens with zero attached hydrogens (tertiary/aromatic N) is 2. The molecule has 25 heavy (non-hydrogen) atoms. The lowest BCUT2D eigenvalue weighted by Crippen LogP contribution is -2.14. The standard InChI is InChI=1S/C22H25N3/c1-18-22(16-23-15-9-14-20-10-5-3-6-11-20)19(2)25(24-18)17-21-12-7-4-8-13-21/h3-14,23H,15-17H2,1-2H3/b14-9+. The average molecular weight is 331 g/mol. The molecule has 0 unspecified atom stereocenters. The van der Waals surface area contributed by atoms with Crippen molar-refractivity contribution in [1.29, 1.82) is 0 Å². The maximum Gasteiger partial charge on any atom is 0.0662 e. The summed E-state index contributed by atoms with van der Waals surface area (Å²) in [5.41, 5.74) is 6.14. The normalized spacial score (nSPS) is 11.3. The number of hydrogen-bond acceptors (Lipinski definition) is 2. The second kappa shape index (κ2) is 8.45. The van der Waals surface area contributed by atoms with Crippen LogP contribution >= 0.6 is 0 Å². The van der Waals surface area contributed by atoms with E-state index in [1.165, 1.54) is 22.4 Å². The summed E-state index contributed by atoms with van der Waals surface area (Å²) >= 11 is 0. The van der Waals surface area contributed by atoms with Gasteiger partial charge in [-0.1, -0.05) is 72.8 Å². The van der Waals surface area contributed by atoms with Gasteiger partial charge in [0.15, 0.2) is 0 Å². The van der Waals surface area contributed by atoms with E-state index in [9.17, 15) is 0 Å². The van der Waals surface area contributed by atoms with E-state index in [2.05, 4.69) is 84.5 Å². The Morgan fingerprint density at radius 2 is 1.64 bits per heavy atom. The van der Waals surface area contributed by atoms with Crippen molar-refractivity contribution < 1.29 is 0 Å². The number of aromatic nitrogens is 2. The van der Waals surface area contributed by atoms with E-state index in [4.69, 9.17) is 5.10 Å². The zero-order valence-corrected chi connectivity index (χ0v) is 14.9. The van der Waals surface area contributed by atoms with Crippen LogP contribution in [0.5, 0.6) is 0 Å². The third kappa shape index (κ3) is 4.68. The summed E-state index contributed by atoms with van der Waals surface area (Å²) in [7, 11) is 0. The van der Waals surface area contributed by atoms with Crippen molar-refractivity contribution in [1.82, 2.24) is 15.1 Å². The smallest absolute Gasteiger partial charge is 0.0662 e. The van der Waals surface area contributed by atoms with Gasteiger partial charge in [0, 0.05) is 24.3 Å². The van der Waals surface area contributed by atoms with E-state index >= 15 is 0 Å². The predicted octanol–water partition coefficient (Wildman–Crippen LogP) is 4.35. The molecule has 0 saturated heterocycles. The Bertz CT molecular complexity index is 817. The van der Waals surface area contributed by atoms with Crippen molar-refractivity contribution in [2.45, 2.75) is 26.9 Å². The van der Waals surface area contributed by atoms with Gasteiger partial charge in [0.05, 0.1) is 12.2 Å². The van der Waals surface area contributed by atoms with E-state index in [1.807, 2.05) is 12.1 Å². The molecule has 0 radical (unpaired) electrons. The highest BCUT2D eigenvalue weighted by molar-refractivity contribution is 5.48. The van der Waals surface area contributed by atoms with E-state index in [1.54, 1.807) is 0 Å². The summed E-state index contributed by atoms with van der Waals surface area (Å²) in [5, 5.41) is 8.20. The molecule has 0 saturated carbocycles. The van der Waals surface area contributed by atoms with E-state index in [-0.39, 0.29) is 0 Å². The van der Waals surface area contributed by atoms with Crippen LogP contribution in [0.3, 0.4) is 0 Å². The molecule has 3 rings (SSSR count). The molecule has 0 spiro atoms. The first-order valence-electron chi connectivity index (χ1n) is 8.73. The Morgan fingerprint density at radius 3 is 2.36 bits per heavy atom. The molecule has 1 N–H and O–H groups in total. The largest absolute Gasteiger partial charge is 0.309 e. The molecule has 0 fully saturated rings. The van der Waals surface area contributed by atoms with Gasteiger partial charge < -0.3 is 5.32 Å². The van der Waals surface area contributed by atoms with E-state index in [0.717, 1.165) is 25.3 Å². The van der Waals surface area contributed by atoms with Crippen LogP contribution in [-0.4, -0.2) is 16.3 Å². The number of rotatable bonds is 7. The lowest BCUT2D eigenvalue weighted by Gasteiger charge is -2.06. The number of hydrogen-bond donors (Lipinski definition) is 1. The van der Waals surface area contributed by atoms with E-state index in [0.29, 0.717) is 0 Å². The molecule has 2 aromatic carbocycles. The molecule has 0 aliphatic carbocycles. The first-order chi connectivity index (χ1) is 12.2. The minimum Gasteiger partial charge on any atom is -0.309 e. The van der Waals surface area contributed by atoms with Crippen LogP contribution < -0.4 is 5.32 Å². The van der Waals surface area contributed by atoms with Crippen LogP contribution in [0.15, 0.2) is 66.7 Å². The summed E-state index contributed by atoms with van der Waals surface area (Å²) in [6.07, 6.45) is 4.31. The Labute approximate surface area is 150 Å². The van der Waals surface area contributed by atoms with Crippen molar-refractivity contribution in [2.24, 2.45) is 0 Å². The van der Waals surface area contributed by atoms with Gasteiger partial charge in [0.25, 0.3) is 0 Å². The highest BCUT2D eigenvalue weighted by Crippen LogP contribution is 2.14. The third-order valence-electron chi connectivity index (χ3n) is 4.38. The SMILES string of the molecule is Cc1nn(Cc2ccccc2)c(C)c1CNC/C=C/c1ccccc1. The monoisotopic (exact) mass is 331 g/mol. The molecular weight excluding hydrogens is 306 g/mol. The Morgan fingerprint density at radius 1 is 0.960 bits per heavy atom. The Kier molecular flexibility index (Phi) is 5.81. The average Bonchev–Trinajstić information content (AvgIpc) is 2.90. The molecule has 0 bridgehead atoms. The van der Waals surface area contributed by atoms with Crippen molar-refractivity contribution in [3.8, 4) is 0 Å². The molecule has 0 aliphatic rings. The molecule has 0 amide bonds. The molecule has 0 atom stereocenters. The topological polar surface area (TPSA) is 29.9 Å². The molecule has 0 aliphatic heterocycles. The highest BCUT2D eigenvalue weighted by Gasteiger charge is 2.10. The lowest BCUT2D eigenvalue weighted by molar-refractivity contribution is 0.656. The minimum atomic E-state index is 0.821. The first kappa shape index (κ1) is 17.2. The van der Waals surface area contributed by atoms with Gasteiger partial charge in [-0.3, -0.25) is 4.68 Å². The lowest BCUT2D eigenvalue weighted by atomic mass is 10.2. The van der Waals surface area contributed by atoms with Crippen molar-refractivity contribution in [2.75, 3.05) is 6.54 Å². The maximum atomic E-state index is 4.71. The van der Waals surface area contributed by atoms with Gasteiger partial charge >= 0.3 is 0 Å². The fraction of sp³-hybridized carbons (Fsp3) is 0.227. The number of benzene rings is 2. The summed E-state index contributed by atoms with van der Waals surface area (Å²) < 4.78 is 2.10. The summed E-state index contributed by atoms with van der Waals surface area (Å²) in [5.74, 6) is 0. The van der Waals surface area contributed by atoms with Crippen molar-refractivity contribution >= 4 is 6.08 Å². The zero-order valence-electron chi connectivity index (χ0n) is 14.9. The van der Waals surface area contributed by atoms with Crippen LogP contribution in [0.1, 0.15) is 28.1 Å². The molecule has 1 heterocycles. The van der Waals surface area contributed by atoms with Crippen molar-refractivity contribution in [3.05, 3.63) is 94.8 Å². The second-order valence-electron chi connectivity index (χ2n) is 6.24. The quantitative estimate of drug-likeness (QED) is 0.652.